The van der Waals surface area contributed by atoms with Crippen molar-refractivity contribution < 1.29 is 14.3 Å². The molecule has 25 heavy (non-hydrogen) atoms. The Labute approximate surface area is 148 Å². The Morgan fingerprint density at radius 1 is 0.880 bits per heavy atom. The van der Waals surface area contributed by atoms with Gasteiger partial charge >= 0.3 is 0 Å². The fraction of sp³-hybridized carbons (Fsp3) is 0.600. The topological polar surface area (TPSA) is 49.9 Å². The molecule has 1 aromatic carbocycles. The molecule has 4 rings (SSSR count). The Morgan fingerprint density at radius 2 is 1.56 bits per heavy atom. The van der Waals surface area contributed by atoms with Gasteiger partial charge in [-0.15, -0.1) is 0 Å². The van der Waals surface area contributed by atoms with Crippen molar-refractivity contribution >= 4 is 11.8 Å². The zero-order valence-electron chi connectivity index (χ0n) is 14.7. The van der Waals surface area contributed by atoms with Crippen LogP contribution in [0.2, 0.25) is 0 Å². The van der Waals surface area contributed by atoms with E-state index < -0.39 is 6.10 Å². The second-order valence-corrected chi connectivity index (χ2v) is 7.40. The highest BCUT2D eigenvalue weighted by Crippen LogP contribution is 2.30. The van der Waals surface area contributed by atoms with Gasteiger partial charge in [-0.2, -0.15) is 0 Å². The summed E-state index contributed by atoms with van der Waals surface area (Å²) in [7, 11) is 0. The van der Waals surface area contributed by atoms with Gasteiger partial charge in [0.2, 0.25) is 5.91 Å². The normalized spacial score (nSPS) is 23.9. The standard InChI is InChI=1S/C20H26N2O3/c23-19(21-10-4-1-5-11-21)15-8-12-22(13-9-15)20(24)18-14-16-6-2-3-7-17(16)25-18/h2-3,6-7,15,18H,1,4-5,8-14H2/t18-/m0/s1. The molecule has 1 atom stereocenters. The maximum absolute atomic E-state index is 12.8. The summed E-state index contributed by atoms with van der Waals surface area (Å²) < 4.78 is 5.83. The van der Waals surface area contributed by atoms with Gasteiger partial charge in [0.1, 0.15) is 5.75 Å². The number of carbonyl (C=O) groups is 2. The zero-order chi connectivity index (χ0) is 17.2. The highest BCUT2D eigenvalue weighted by atomic mass is 16.5. The molecule has 3 aliphatic heterocycles. The van der Waals surface area contributed by atoms with E-state index in [1.807, 2.05) is 34.1 Å². The van der Waals surface area contributed by atoms with Crippen molar-refractivity contribution in [3.05, 3.63) is 29.8 Å². The quantitative estimate of drug-likeness (QED) is 0.828. The number of ether oxygens (including phenoxy) is 1. The summed E-state index contributed by atoms with van der Waals surface area (Å²) in [6.45, 7) is 3.15. The van der Waals surface area contributed by atoms with Crippen LogP contribution in [0.1, 0.15) is 37.7 Å². The molecule has 0 radical (unpaired) electrons. The van der Waals surface area contributed by atoms with E-state index in [1.165, 1.54) is 6.42 Å². The lowest BCUT2D eigenvalue weighted by Gasteiger charge is -2.36. The molecule has 0 unspecified atom stereocenters. The fourth-order valence-corrected chi connectivity index (χ4v) is 4.24. The molecule has 5 nitrogen and oxygen atoms in total. The number of carbonyl (C=O) groups excluding carboxylic acids is 2. The van der Waals surface area contributed by atoms with Crippen molar-refractivity contribution in [2.24, 2.45) is 5.92 Å². The third-order valence-corrected chi connectivity index (χ3v) is 5.75. The van der Waals surface area contributed by atoms with Crippen LogP contribution < -0.4 is 4.74 Å². The van der Waals surface area contributed by atoms with Gasteiger partial charge in [0.25, 0.3) is 5.91 Å². The van der Waals surface area contributed by atoms with Crippen LogP contribution in [0.4, 0.5) is 0 Å². The summed E-state index contributed by atoms with van der Waals surface area (Å²) in [6.07, 6.45) is 5.31. The van der Waals surface area contributed by atoms with E-state index in [-0.39, 0.29) is 11.8 Å². The average molecular weight is 342 g/mol. The van der Waals surface area contributed by atoms with E-state index in [4.69, 9.17) is 4.74 Å². The molecule has 0 N–H and O–H groups in total. The van der Waals surface area contributed by atoms with Crippen molar-refractivity contribution in [2.75, 3.05) is 26.2 Å². The second kappa shape index (κ2) is 7.06. The van der Waals surface area contributed by atoms with Crippen LogP contribution in [0, 0.1) is 5.92 Å². The van der Waals surface area contributed by atoms with Crippen LogP contribution in [-0.2, 0) is 16.0 Å². The molecule has 0 aliphatic carbocycles. The first-order valence-electron chi connectivity index (χ1n) is 9.54. The molecular formula is C20H26N2O3. The number of piperidine rings is 2. The van der Waals surface area contributed by atoms with Crippen LogP contribution in [-0.4, -0.2) is 53.9 Å². The first-order valence-corrected chi connectivity index (χ1v) is 9.54. The smallest absolute Gasteiger partial charge is 0.263 e. The molecule has 3 aliphatic rings. The summed E-state index contributed by atoms with van der Waals surface area (Å²) in [5.74, 6) is 1.29. The Bertz CT molecular complexity index is 621. The molecule has 3 heterocycles. The number of rotatable bonds is 2. The lowest BCUT2D eigenvalue weighted by Crippen LogP contribution is -2.48. The van der Waals surface area contributed by atoms with E-state index in [0.29, 0.717) is 25.4 Å². The molecule has 0 saturated carbocycles. The van der Waals surface area contributed by atoms with Crippen molar-refractivity contribution in [1.29, 1.82) is 0 Å². The van der Waals surface area contributed by atoms with Crippen LogP contribution in [0.25, 0.3) is 0 Å². The third-order valence-electron chi connectivity index (χ3n) is 5.75. The molecule has 0 bridgehead atoms. The number of amides is 2. The molecule has 134 valence electrons. The van der Waals surface area contributed by atoms with Crippen LogP contribution in [0.5, 0.6) is 5.75 Å². The Hall–Kier alpha value is -2.04. The molecule has 0 spiro atoms. The first-order chi connectivity index (χ1) is 12.2. The predicted molar refractivity (Wildman–Crippen MR) is 94.3 cm³/mol. The van der Waals surface area contributed by atoms with Gasteiger partial charge < -0.3 is 14.5 Å². The molecule has 2 fully saturated rings. The van der Waals surface area contributed by atoms with Gasteiger partial charge in [-0.25, -0.2) is 0 Å². The van der Waals surface area contributed by atoms with Crippen molar-refractivity contribution in [3.63, 3.8) is 0 Å². The SMILES string of the molecule is O=C(C1CCN(C(=O)[C@@H]2Cc3ccccc3O2)CC1)N1CCCCC1. The molecular weight excluding hydrogens is 316 g/mol. The predicted octanol–water partition coefficient (Wildman–Crippen LogP) is 2.24. The summed E-state index contributed by atoms with van der Waals surface area (Å²) in [5.41, 5.74) is 1.11. The average Bonchev–Trinajstić information content (AvgIpc) is 3.12. The lowest BCUT2D eigenvalue weighted by molar-refractivity contribution is -0.144. The molecule has 5 heteroatoms. The van der Waals surface area contributed by atoms with Gasteiger partial charge in [-0.3, -0.25) is 9.59 Å². The number of nitrogens with zero attached hydrogens (tertiary/aromatic N) is 2. The number of hydrogen-bond donors (Lipinski definition) is 0. The number of fused-ring (bicyclic) bond motifs is 1. The van der Waals surface area contributed by atoms with E-state index in [2.05, 4.69) is 0 Å². The number of likely N-dealkylation sites (tertiary alicyclic amines) is 2. The van der Waals surface area contributed by atoms with Gasteiger partial charge in [-0.1, -0.05) is 18.2 Å². The summed E-state index contributed by atoms with van der Waals surface area (Å²) in [5, 5.41) is 0. The van der Waals surface area contributed by atoms with E-state index >= 15 is 0 Å². The maximum atomic E-state index is 12.8. The van der Waals surface area contributed by atoms with Gasteiger partial charge in [0.05, 0.1) is 0 Å². The van der Waals surface area contributed by atoms with Gasteiger partial charge in [-0.05, 0) is 43.7 Å². The Balaban J connectivity index is 1.30. The van der Waals surface area contributed by atoms with Gasteiger partial charge in [0, 0.05) is 38.5 Å². The molecule has 2 amide bonds. The number of para-hydroxylation sites is 1. The van der Waals surface area contributed by atoms with Crippen molar-refractivity contribution in [2.45, 2.75) is 44.6 Å². The summed E-state index contributed by atoms with van der Waals surface area (Å²) in [6, 6.07) is 7.86. The van der Waals surface area contributed by atoms with Crippen LogP contribution >= 0.6 is 0 Å². The minimum absolute atomic E-state index is 0.0695. The van der Waals surface area contributed by atoms with Gasteiger partial charge in [0.15, 0.2) is 6.10 Å². The minimum Gasteiger partial charge on any atom is -0.480 e. The van der Waals surface area contributed by atoms with E-state index in [9.17, 15) is 9.59 Å². The fourth-order valence-electron chi connectivity index (χ4n) is 4.24. The zero-order valence-corrected chi connectivity index (χ0v) is 14.7. The summed E-state index contributed by atoms with van der Waals surface area (Å²) in [4.78, 5) is 29.3. The monoisotopic (exact) mass is 342 g/mol. The Morgan fingerprint density at radius 3 is 2.28 bits per heavy atom. The van der Waals surface area contributed by atoms with Crippen molar-refractivity contribution in [3.8, 4) is 5.75 Å². The van der Waals surface area contributed by atoms with Crippen LogP contribution in [0.3, 0.4) is 0 Å². The largest absolute Gasteiger partial charge is 0.480 e. The number of benzene rings is 1. The van der Waals surface area contributed by atoms with E-state index in [0.717, 1.165) is 50.1 Å². The number of hydrogen-bond acceptors (Lipinski definition) is 3. The molecule has 0 aromatic heterocycles. The first kappa shape index (κ1) is 16.4. The maximum Gasteiger partial charge on any atom is 0.263 e. The molecule has 2 saturated heterocycles. The van der Waals surface area contributed by atoms with Crippen LogP contribution in [0.15, 0.2) is 24.3 Å². The highest BCUT2D eigenvalue weighted by molar-refractivity contribution is 5.83. The van der Waals surface area contributed by atoms with E-state index in [1.54, 1.807) is 0 Å². The van der Waals surface area contributed by atoms with Crippen molar-refractivity contribution in [1.82, 2.24) is 9.80 Å². The molecule has 1 aromatic rings. The second-order valence-electron chi connectivity index (χ2n) is 7.40. The minimum atomic E-state index is -0.397. The summed E-state index contributed by atoms with van der Waals surface area (Å²) >= 11 is 0. The third kappa shape index (κ3) is 3.37. The Kier molecular flexibility index (Phi) is 4.64. The highest BCUT2D eigenvalue weighted by Gasteiger charge is 2.36. The lowest BCUT2D eigenvalue weighted by atomic mass is 9.94.